The second-order valence-corrected chi connectivity index (χ2v) is 10.9. The average molecular weight is 458 g/mol. The number of anilines is 2. The number of sulfonamides is 1. The van der Waals surface area contributed by atoms with Gasteiger partial charge in [0.1, 0.15) is 4.21 Å². The summed E-state index contributed by atoms with van der Waals surface area (Å²) in [5.74, 6) is -0.369. The van der Waals surface area contributed by atoms with Crippen LogP contribution in [0.4, 0.5) is 10.8 Å². The van der Waals surface area contributed by atoms with Gasteiger partial charge in [-0.2, -0.15) is 4.31 Å². The van der Waals surface area contributed by atoms with Crippen LogP contribution in [0.5, 0.6) is 0 Å². The summed E-state index contributed by atoms with van der Waals surface area (Å²) < 4.78 is 27.8. The molecule has 0 saturated carbocycles. The van der Waals surface area contributed by atoms with E-state index in [0.29, 0.717) is 10.8 Å². The molecule has 0 bridgehead atoms. The molecule has 4 rings (SSSR count). The predicted molar refractivity (Wildman–Crippen MR) is 122 cm³/mol. The third kappa shape index (κ3) is 3.89. The van der Waals surface area contributed by atoms with Gasteiger partial charge in [0.15, 0.2) is 5.13 Å². The molecular formula is C21H19N3O3S3. The number of benzene rings is 2. The van der Waals surface area contributed by atoms with Gasteiger partial charge in [0.25, 0.3) is 10.0 Å². The zero-order chi connectivity index (χ0) is 21.3. The summed E-state index contributed by atoms with van der Waals surface area (Å²) in [6.07, 6.45) is 0. The van der Waals surface area contributed by atoms with Crippen LogP contribution >= 0.6 is 22.7 Å². The molecule has 0 atom stereocenters. The number of aromatic nitrogens is 1. The van der Waals surface area contributed by atoms with Gasteiger partial charge >= 0.3 is 0 Å². The van der Waals surface area contributed by atoms with Gasteiger partial charge in [0, 0.05) is 7.05 Å². The number of thiophene rings is 1. The molecule has 154 valence electrons. The van der Waals surface area contributed by atoms with Gasteiger partial charge in [-0.1, -0.05) is 47.7 Å². The fourth-order valence-electron chi connectivity index (χ4n) is 3.02. The minimum absolute atomic E-state index is 0.209. The number of nitrogens with zero attached hydrogens (tertiary/aromatic N) is 3. The Balaban J connectivity index is 1.72. The zero-order valence-electron chi connectivity index (χ0n) is 16.3. The minimum Gasteiger partial charge on any atom is -0.272 e. The maximum Gasteiger partial charge on any atom is 0.252 e. The molecule has 6 nitrogen and oxygen atoms in total. The van der Waals surface area contributed by atoms with Crippen molar-refractivity contribution >= 4 is 59.6 Å². The topological polar surface area (TPSA) is 70.6 Å². The number of hydrogen-bond acceptors (Lipinski definition) is 6. The summed E-state index contributed by atoms with van der Waals surface area (Å²) in [5.41, 5.74) is 2.38. The first-order valence-corrected chi connectivity index (χ1v) is 12.3. The van der Waals surface area contributed by atoms with E-state index in [1.165, 1.54) is 29.4 Å². The van der Waals surface area contributed by atoms with Gasteiger partial charge in [-0.3, -0.25) is 9.69 Å². The molecule has 2 aromatic carbocycles. The van der Waals surface area contributed by atoms with E-state index in [1.54, 1.807) is 11.4 Å². The molecule has 0 unspecified atom stereocenters. The molecule has 4 aromatic rings. The maximum atomic E-state index is 13.4. The molecular weight excluding hydrogens is 438 g/mol. The molecule has 0 N–H and O–H groups in total. The molecule has 2 heterocycles. The lowest BCUT2D eigenvalue weighted by molar-refractivity contribution is -0.117. The van der Waals surface area contributed by atoms with E-state index in [2.05, 4.69) is 4.98 Å². The Labute approximate surface area is 183 Å². The molecule has 0 radical (unpaired) electrons. The van der Waals surface area contributed by atoms with Gasteiger partial charge in [-0.15, -0.1) is 11.3 Å². The van der Waals surface area contributed by atoms with E-state index in [4.69, 9.17) is 0 Å². The summed E-state index contributed by atoms with van der Waals surface area (Å²) in [5, 5.41) is 2.21. The van der Waals surface area contributed by atoms with Crippen LogP contribution in [0.1, 0.15) is 5.56 Å². The van der Waals surface area contributed by atoms with Crippen LogP contribution in [0.25, 0.3) is 10.2 Å². The highest BCUT2D eigenvalue weighted by atomic mass is 32.2. The predicted octanol–water partition coefficient (Wildman–Crippen LogP) is 4.65. The Morgan fingerprint density at radius 2 is 1.77 bits per heavy atom. The molecule has 2 aromatic heterocycles. The number of carbonyl (C=O) groups excluding carboxylic acids is 1. The second-order valence-electron chi connectivity index (χ2n) is 6.67. The molecule has 0 aliphatic heterocycles. The smallest absolute Gasteiger partial charge is 0.252 e. The number of para-hydroxylation sites is 2. The molecule has 1 amide bonds. The van der Waals surface area contributed by atoms with Gasteiger partial charge in [0.2, 0.25) is 5.91 Å². The molecule has 30 heavy (non-hydrogen) atoms. The number of aryl methyl sites for hydroxylation is 1. The van der Waals surface area contributed by atoms with Crippen molar-refractivity contribution in [2.24, 2.45) is 0 Å². The summed E-state index contributed by atoms with van der Waals surface area (Å²) in [7, 11) is -2.32. The number of rotatable bonds is 6. The van der Waals surface area contributed by atoms with Crippen LogP contribution in [0, 0.1) is 6.92 Å². The molecule has 0 saturated heterocycles. The van der Waals surface area contributed by atoms with Crippen LogP contribution in [-0.2, 0) is 14.8 Å². The van der Waals surface area contributed by atoms with E-state index < -0.39 is 10.0 Å². The fraction of sp³-hybridized carbons (Fsp3) is 0.143. The second kappa shape index (κ2) is 8.27. The first kappa shape index (κ1) is 20.7. The first-order chi connectivity index (χ1) is 14.4. The monoisotopic (exact) mass is 457 g/mol. The van der Waals surface area contributed by atoms with Gasteiger partial charge in [0.05, 0.1) is 22.4 Å². The summed E-state index contributed by atoms with van der Waals surface area (Å²) in [6.45, 7) is 1.61. The lowest BCUT2D eigenvalue weighted by Gasteiger charge is -2.24. The number of fused-ring (bicyclic) bond motifs is 1. The van der Waals surface area contributed by atoms with Crippen molar-refractivity contribution in [3.05, 3.63) is 71.6 Å². The van der Waals surface area contributed by atoms with Crippen molar-refractivity contribution in [1.82, 2.24) is 9.29 Å². The summed E-state index contributed by atoms with van der Waals surface area (Å²) in [4.78, 5) is 19.5. The quantitative estimate of drug-likeness (QED) is 0.423. The van der Waals surface area contributed by atoms with E-state index in [0.717, 1.165) is 31.4 Å². The number of thiazole rings is 1. The van der Waals surface area contributed by atoms with Crippen molar-refractivity contribution in [3.8, 4) is 0 Å². The molecule has 0 fully saturated rings. The zero-order valence-corrected chi connectivity index (χ0v) is 18.8. The third-order valence-electron chi connectivity index (χ3n) is 4.60. The van der Waals surface area contributed by atoms with Crippen LogP contribution in [0.15, 0.2) is 70.3 Å². The standard InChI is InChI=1S/C21H19N3O3S3/c1-15-8-3-5-10-17(15)24(21-22-16-9-4-6-11-18(16)29-21)19(25)14-23(2)30(26,27)20-12-7-13-28-20/h3-13H,14H2,1-2H3. The average Bonchev–Trinajstić information content (AvgIpc) is 3.39. The maximum absolute atomic E-state index is 13.4. The van der Waals surface area contributed by atoms with E-state index in [9.17, 15) is 13.2 Å². The van der Waals surface area contributed by atoms with Gasteiger partial charge < -0.3 is 0 Å². The first-order valence-electron chi connectivity index (χ1n) is 9.12. The summed E-state index contributed by atoms with van der Waals surface area (Å²) >= 11 is 2.52. The Morgan fingerprint density at radius 1 is 1.03 bits per heavy atom. The number of hydrogen-bond donors (Lipinski definition) is 0. The van der Waals surface area contributed by atoms with Crippen molar-refractivity contribution in [3.63, 3.8) is 0 Å². The Kier molecular flexibility index (Phi) is 5.70. The fourth-order valence-corrected chi connectivity index (χ4v) is 6.34. The van der Waals surface area contributed by atoms with Crippen LogP contribution < -0.4 is 4.90 Å². The van der Waals surface area contributed by atoms with Crippen molar-refractivity contribution in [2.75, 3.05) is 18.5 Å². The Bertz CT molecular complexity index is 1260. The number of amides is 1. The van der Waals surface area contributed by atoms with Crippen LogP contribution in [-0.4, -0.2) is 37.2 Å². The van der Waals surface area contributed by atoms with E-state index in [1.807, 2.05) is 55.5 Å². The Morgan fingerprint density at radius 3 is 2.47 bits per heavy atom. The van der Waals surface area contributed by atoms with Crippen molar-refractivity contribution in [2.45, 2.75) is 11.1 Å². The number of likely N-dealkylation sites (N-methyl/N-ethyl adjacent to an activating group) is 1. The highest BCUT2D eigenvalue weighted by Crippen LogP contribution is 2.35. The molecule has 9 heteroatoms. The van der Waals surface area contributed by atoms with E-state index >= 15 is 0 Å². The summed E-state index contributed by atoms with van der Waals surface area (Å²) in [6, 6.07) is 18.4. The lowest BCUT2D eigenvalue weighted by Crippen LogP contribution is -2.39. The van der Waals surface area contributed by atoms with Gasteiger partial charge in [-0.25, -0.2) is 13.4 Å². The molecule has 0 aliphatic carbocycles. The highest BCUT2D eigenvalue weighted by Gasteiger charge is 2.29. The SMILES string of the molecule is Cc1ccccc1N(C(=O)CN(C)S(=O)(=O)c1cccs1)c1nc2ccccc2s1. The largest absolute Gasteiger partial charge is 0.272 e. The normalized spacial score (nSPS) is 11.8. The lowest BCUT2D eigenvalue weighted by atomic mass is 10.2. The van der Waals surface area contributed by atoms with Gasteiger partial charge in [-0.05, 0) is 42.1 Å². The molecule has 0 spiro atoms. The third-order valence-corrected chi connectivity index (χ3v) is 8.80. The highest BCUT2D eigenvalue weighted by molar-refractivity contribution is 7.91. The van der Waals surface area contributed by atoms with Crippen molar-refractivity contribution in [1.29, 1.82) is 0 Å². The van der Waals surface area contributed by atoms with Crippen molar-refractivity contribution < 1.29 is 13.2 Å². The minimum atomic E-state index is -3.74. The number of carbonyl (C=O) groups is 1. The van der Waals surface area contributed by atoms with Crippen LogP contribution in [0.3, 0.4) is 0 Å². The van der Waals surface area contributed by atoms with Crippen LogP contribution in [0.2, 0.25) is 0 Å². The van der Waals surface area contributed by atoms with E-state index in [-0.39, 0.29) is 16.7 Å². The Hall–Kier alpha value is -2.59. The molecule has 0 aliphatic rings.